The predicted octanol–water partition coefficient (Wildman–Crippen LogP) is 3.36. The van der Waals surface area contributed by atoms with Crippen molar-refractivity contribution in [3.8, 4) is 5.75 Å². The molecule has 13 heavy (non-hydrogen) atoms. The Kier molecular flexibility index (Phi) is 5.29. The zero-order chi connectivity index (χ0) is 9.30. The van der Waals surface area contributed by atoms with Crippen LogP contribution in [-0.4, -0.2) is 5.11 Å². The molecule has 0 unspecified atom stereocenters. The normalized spacial score (nSPS) is 12.0. The van der Waals surface area contributed by atoms with Gasteiger partial charge in [-0.1, -0.05) is 31.9 Å². The third-order valence-electron chi connectivity index (χ3n) is 1.53. The monoisotopic (exact) mass is 329 g/mol. The van der Waals surface area contributed by atoms with Crippen molar-refractivity contribution in [2.75, 3.05) is 0 Å². The van der Waals surface area contributed by atoms with Crippen molar-refractivity contribution in [1.82, 2.24) is 0 Å². The molecule has 0 bridgehead atoms. The van der Waals surface area contributed by atoms with Crippen LogP contribution in [0.4, 0.5) is 0 Å². The van der Waals surface area contributed by atoms with Crippen LogP contribution in [-0.2, 0) is 0 Å². The summed E-state index contributed by atoms with van der Waals surface area (Å²) in [6.45, 7) is 1.83. The lowest BCUT2D eigenvalue weighted by Gasteiger charge is -2.10. The van der Waals surface area contributed by atoms with E-state index >= 15 is 0 Å². The molecule has 0 aliphatic heterocycles. The first-order valence-corrected chi connectivity index (χ1v) is 5.04. The average Bonchev–Trinajstić information content (AvgIpc) is 1.82. The number of hydrogen-bond donors (Lipinski definition) is 2. The van der Waals surface area contributed by atoms with Crippen LogP contribution in [0.1, 0.15) is 18.5 Å². The van der Waals surface area contributed by atoms with Gasteiger partial charge in [0.2, 0.25) is 0 Å². The Morgan fingerprint density at radius 2 is 1.92 bits per heavy atom. The van der Waals surface area contributed by atoms with Crippen LogP contribution in [0, 0.1) is 0 Å². The van der Waals surface area contributed by atoms with Crippen LogP contribution in [0.25, 0.3) is 0 Å². The third kappa shape index (κ3) is 3.13. The molecule has 74 valence electrons. The minimum absolute atomic E-state index is 0. The van der Waals surface area contributed by atoms with E-state index in [9.17, 15) is 5.11 Å². The molecule has 5 heteroatoms. The van der Waals surface area contributed by atoms with Gasteiger partial charge in [0.15, 0.2) is 0 Å². The second-order valence-corrected chi connectivity index (χ2v) is 4.38. The summed E-state index contributed by atoms with van der Waals surface area (Å²) in [5.74, 6) is 0.214. The molecule has 0 aromatic heterocycles. The molecule has 0 amide bonds. The van der Waals surface area contributed by atoms with E-state index in [1.54, 1.807) is 6.07 Å². The Bertz CT molecular complexity index is 281. The molecule has 0 radical (unpaired) electrons. The van der Waals surface area contributed by atoms with Gasteiger partial charge in [-0.05, 0) is 19.1 Å². The van der Waals surface area contributed by atoms with Gasteiger partial charge in [-0.3, -0.25) is 0 Å². The maximum Gasteiger partial charge on any atom is 0.122 e. The quantitative estimate of drug-likeness (QED) is 0.829. The van der Waals surface area contributed by atoms with Crippen molar-refractivity contribution in [1.29, 1.82) is 0 Å². The number of nitrogens with two attached hydrogens (primary N) is 1. The van der Waals surface area contributed by atoms with Crippen LogP contribution in [0.15, 0.2) is 21.1 Å². The van der Waals surface area contributed by atoms with E-state index in [-0.39, 0.29) is 24.2 Å². The summed E-state index contributed by atoms with van der Waals surface area (Å²) in [6, 6.07) is 3.31. The highest BCUT2D eigenvalue weighted by atomic mass is 79.9. The van der Waals surface area contributed by atoms with Crippen molar-refractivity contribution in [2.45, 2.75) is 13.0 Å². The van der Waals surface area contributed by atoms with Crippen molar-refractivity contribution in [3.63, 3.8) is 0 Å². The molecule has 0 saturated heterocycles. The van der Waals surface area contributed by atoms with Gasteiger partial charge in [-0.15, -0.1) is 12.4 Å². The van der Waals surface area contributed by atoms with Gasteiger partial charge in [0.1, 0.15) is 5.75 Å². The van der Waals surface area contributed by atoms with Gasteiger partial charge in [-0.2, -0.15) is 0 Å². The van der Waals surface area contributed by atoms with Crippen molar-refractivity contribution in [3.05, 3.63) is 26.6 Å². The van der Waals surface area contributed by atoms with Gasteiger partial charge >= 0.3 is 0 Å². The van der Waals surface area contributed by atoms with Crippen molar-refractivity contribution in [2.24, 2.45) is 5.73 Å². The van der Waals surface area contributed by atoms with Gasteiger partial charge in [0.25, 0.3) is 0 Å². The maximum atomic E-state index is 9.50. The molecule has 1 atom stereocenters. The minimum Gasteiger partial charge on any atom is -0.508 e. The van der Waals surface area contributed by atoms with Crippen LogP contribution >= 0.6 is 44.3 Å². The smallest absolute Gasteiger partial charge is 0.122 e. The molecule has 0 aliphatic carbocycles. The number of phenols is 1. The SMILES string of the molecule is C[C@@H](N)c1c(O)cc(Br)cc1Br.Cl. The Balaban J connectivity index is 0.00000144. The lowest BCUT2D eigenvalue weighted by Crippen LogP contribution is -2.05. The van der Waals surface area contributed by atoms with Crippen molar-refractivity contribution < 1.29 is 5.11 Å². The number of halogens is 3. The third-order valence-corrected chi connectivity index (χ3v) is 2.64. The number of hydrogen-bond acceptors (Lipinski definition) is 2. The van der Waals surface area contributed by atoms with Crippen LogP contribution in [0.2, 0.25) is 0 Å². The van der Waals surface area contributed by atoms with E-state index < -0.39 is 0 Å². The Hall–Kier alpha value is 0.230. The van der Waals surface area contributed by atoms with Crippen LogP contribution in [0.5, 0.6) is 5.75 Å². The van der Waals surface area contributed by atoms with E-state index in [0.29, 0.717) is 0 Å². The summed E-state index contributed by atoms with van der Waals surface area (Å²) in [7, 11) is 0. The molecule has 0 saturated carbocycles. The molecular weight excluding hydrogens is 321 g/mol. The van der Waals surface area contributed by atoms with Gasteiger partial charge in [-0.25, -0.2) is 0 Å². The van der Waals surface area contributed by atoms with E-state index in [1.807, 2.05) is 13.0 Å². The van der Waals surface area contributed by atoms with E-state index in [4.69, 9.17) is 5.73 Å². The topological polar surface area (TPSA) is 46.2 Å². The zero-order valence-electron chi connectivity index (χ0n) is 6.92. The second kappa shape index (κ2) is 5.20. The molecule has 1 aromatic rings. The first kappa shape index (κ1) is 13.2. The first-order chi connectivity index (χ1) is 5.52. The molecule has 0 fully saturated rings. The van der Waals surface area contributed by atoms with E-state index in [0.717, 1.165) is 14.5 Å². The summed E-state index contributed by atoms with van der Waals surface area (Å²) in [6.07, 6.45) is 0. The first-order valence-electron chi connectivity index (χ1n) is 3.46. The molecule has 0 spiro atoms. The minimum atomic E-state index is -0.174. The van der Waals surface area contributed by atoms with Gasteiger partial charge in [0, 0.05) is 20.6 Å². The number of benzene rings is 1. The fraction of sp³-hybridized carbons (Fsp3) is 0.250. The molecule has 3 N–H and O–H groups in total. The fourth-order valence-corrected chi connectivity index (χ4v) is 2.59. The Morgan fingerprint density at radius 1 is 1.38 bits per heavy atom. The fourth-order valence-electron chi connectivity index (χ4n) is 1.02. The highest BCUT2D eigenvalue weighted by Crippen LogP contribution is 2.33. The van der Waals surface area contributed by atoms with Gasteiger partial charge < -0.3 is 10.8 Å². The summed E-state index contributed by atoms with van der Waals surface area (Å²) in [5, 5.41) is 9.50. The largest absolute Gasteiger partial charge is 0.508 e. The predicted molar refractivity (Wildman–Crippen MR) is 63.4 cm³/mol. The summed E-state index contributed by atoms with van der Waals surface area (Å²) in [5.41, 5.74) is 6.39. The Labute approximate surface area is 100 Å². The molecule has 1 rings (SSSR count). The summed E-state index contributed by atoms with van der Waals surface area (Å²) >= 11 is 6.59. The maximum absolute atomic E-state index is 9.50. The Morgan fingerprint density at radius 3 is 2.31 bits per heavy atom. The average molecular weight is 331 g/mol. The summed E-state index contributed by atoms with van der Waals surface area (Å²) < 4.78 is 1.65. The van der Waals surface area contributed by atoms with E-state index in [1.165, 1.54) is 0 Å². The highest BCUT2D eigenvalue weighted by molar-refractivity contribution is 9.11. The molecule has 2 nitrogen and oxygen atoms in total. The lowest BCUT2D eigenvalue weighted by atomic mass is 10.1. The second-order valence-electron chi connectivity index (χ2n) is 2.61. The number of aromatic hydroxyl groups is 1. The van der Waals surface area contributed by atoms with Crippen molar-refractivity contribution >= 4 is 44.3 Å². The highest BCUT2D eigenvalue weighted by Gasteiger charge is 2.11. The molecule has 0 aliphatic rings. The molecule has 1 aromatic carbocycles. The number of rotatable bonds is 1. The standard InChI is InChI=1S/C8H9Br2NO.ClH/c1-4(11)8-6(10)2-5(9)3-7(8)12;/h2-4,12H,11H2,1H3;1H/t4-;/m1./s1. The summed E-state index contributed by atoms with van der Waals surface area (Å²) in [4.78, 5) is 0. The molecule has 0 heterocycles. The van der Waals surface area contributed by atoms with Crippen LogP contribution in [0.3, 0.4) is 0 Å². The zero-order valence-corrected chi connectivity index (χ0v) is 10.9. The number of phenolic OH excluding ortho intramolecular Hbond substituents is 1. The van der Waals surface area contributed by atoms with Crippen LogP contribution < -0.4 is 5.73 Å². The molecular formula is C8H10Br2ClNO. The van der Waals surface area contributed by atoms with E-state index in [2.05, 4.69) is 31.9 Å². The van der Waals surface area contributed by atoms with Gasteiger partial charge in [0.05, 0.1) is 0 Å². The lowest BCUT2D eigenvalue weighted by molar-refractivity contribution is 0.462.